The molecule has 0 bridgehead atoms. The smallest absolute Gasteiger partial charge is 0.252 e. The first-order valence-corrected chi connectivity index (χ1v) is 9.42. The average molecular weight is 416 g/mol. The maximum absolute atomic E-state index is 13.6. The minimum absolute atomic E-state index is 0.0918. The van der Waals surface area contributed by atoms with Crippen molar-refractivity contribution >= 4 is 46.4 Å². The summed E-state index contributed by atoms with van der Waals surface area (Å²) in [7, 11) is 0. The number of halogens is 4. The minimum atomic E-state index is -0.662. The largest absolute Gasteiger partial charge is 0.371 e. The molecule has 2 aromatic carbocycles. The Hall–Kier alpha value is -1.49. The van der Waals surface area contributed by atoms with E-state index in [1.54, 1.807) is 0 Å². The Bertz CT molecular complexity index is 844. The predicted molar refractivity (Wildman–Crippen MR) is 105 cm³/mol. The number of hydrogen-bond donors (Lipinski definition) is 1. The van der Waals surface area contributed by atoms with Crippen LogP contribution in [-0.2, 0) is 0 Å². The van der Waals surface area contributed by atoms with Gasteiger partial charge in [-0.1, -0.05) is 40.9 Å². The second-order valence-electron chi connectivity index (χ2n) is 6.49. The van der Waals surface area contributed by atoms with Gasteiger partial charge in [-0.15, -0.1) is 0 Å². The van der Waals surface area contributed by atoms with E-state index in [4.69, 9.17) is 34.8 Å². The summed E-state index contributed by atoms with van der Waals surface area (Å²) < 4.78 is 13.6. The van der Waals surface area contributed by atoms with Gasteiger partial charge in [0.25, 0.3) is 5.91 Å². The number of carbonyl (C=O) groups is 1. The van der Waals surface area contributed by atoms with Crippen LogP contribution in [0.2, 0.25) is 15.1 Å². The van der Waals surface area contributed by atoms with Gasteiger partial charge in [-0.2, -0.15) is 0 Å². The van der Waals surface area contributed by atoms with Gasteiger partial charge in [0, 0.05) is 30.3 Å². The number of benzene rings is 2. The van der Waals surface area contributed by atoms with Gasteiger partial charge in [-0.25, -0.2) is 4.39 Å². The molecule has 1 amide bonds. The van der Waals surface area contributed by atoms with Crippen LogP contribution in [0.3, 0.4) is 0 Å². The van der Waals surface area contributed by atoms with Crippen LogP contribution in [0.15, 0.2) is 30.3 Å². The summed E-state index contributed by atoms with van der Waals surface area (Å²) >= 11 is 17.8. The fourth-order valence-corrected chi connectivity index (χ4v) is 3.81. The van der Waals surface area contributed by atoms with E-state index in [0.29, 0.717) is 17.5 Å². The molecule has 1 unspecified atom stereocenters. The standard InChI is InChI=1S/C19H18Cl3FN2O/c1-11-2-3-13(20)6-18(11)25-5-4-12(10-25)9-24-19(26)14-7-17(23)16(22)8-15(14)21/h2-3,6-8,12H,4-5,9-10H2,1H3,(H,24,26). The van der Waals surface area contributed by atoms with E-state index < -0.39 is 11.7 Å². The highest BCUT2D eigenvalue weighted by Crippen LogP contribution is 2.29. The van der Waals surface area contributed by atoms with E-state index in [1.807, 2.05) is 18.2 Å². The molecule has 0 radical (unpaired) electrons. The Kier molecular flexibility index (Phi) is 5.96. The molecule has 1 N–H and O–H groups in total. The number of nitrogens with zero attached hydrogens (tertiary/aromatic N) is 1. The van der Waals surface area contributed by atoms with Crippen LogP contribution in [0.5, 0.6) is 0 Å². The molecular formula is C19H18Cl3FN2O. The maximum Gasteiger partial charge on any atom is 0.252 e. The fourth-order valence-electron chi connectivity index (χ4n) is 3.17. The molecule has 26 heavy (non-hydrogen) atoms. The highest BCUT2D eigenvalue weighted by molar-refractivity contribution is 6.36. The number of rotatable bonds is 4. The number of amides is 1. The fraction of sp³-hybridized carbons (Fsp3) is 0.316. The van der Waals surface area contributed by atoms with Gasteiger partial charge in [-0.05, 0) is 49.1 Å². The molecule has 138 valence electrons. The van der Waals surface area contributed by atoms with E-state index in [0.717, 1.165) is 31.3 Å². The Morgan fingerprint density at radius 2 is 2.00 bits per heavy atom. The zero-order valence-corrected chi connectivity index (χ0v) is 16.4. The lowest BCUT2D eigenvalue weighted by molar-refractivity contribution is 0.0948. The van der Waals surface area contributed by atoms with E-state index in [1.165, 1.54) is 11.6 Å². The van der Waals surface area contributed by atoms with E-state index in [9.17, 15) is 9.18 Å². The van der Waals surface area contributed by atoms with Crippen molar-refractivity contribution in [2.24, 2.45) is 5.92 Å². The van der Waals surface area contributed by atoms with Gasteiger partial charge in [0.1, 0.15) is 5.82 Å². The van der Waals surface area contributed by atoms with Crippen LogP contribution in [0.25, 0.3) is 0 Å². The second-order valence-corrected chi connectivity index (χ2v) is 7.74. The minimum Gasteiger partial charge on any atom is -0.371 e. The van der Waals surface area contributed by atoms with Crippen molar-refractivity contribution in [3.63, 3.8) is 0 Å². The average Bonchev–Trinajstić information content (AvgIpc) is 3.07. The first-order valence-electron chi connectivity index (χ1n) is 8.29. The van der Waals surface area contributed by atoms with E-state index >= 15 is 0 Å². The molecule has 1 fully saturated rings. The summed E-state index contributed by atoms with van der Waals surface area (Å²) in [5, 5.41) is 3.58. The molecule has 3 nitrogen and oxygen atoms in total. The van der Waals surface area contributed by atoms with Crippen LogP contribution in [0, 0.1) is 18.7 Å². The third-order valence-corrected chi connectivity index (χ3v) is 5.44. The van der Waals surface area contributed by atoms with Gasteiger partial charge in [0.2, 0.25) is 0 Å². The molecule has 1 aliphatic heterocycles. The van der Waals surface area contributed by atoms with Crippen molar-refractivity contribution in [3.8, 4) is 0 Å². The molecule has 7 heteroatoms. The van der Waals surface area contributed by atoms with Crippen LogP contribution >= 0.6 is 34.8 Å². The third kappa shape index (κ3) is 4.25. The molecule has 1 aliphatic rings. The zero-order valence-electron chi connectivity index (χ0n) is 14.2. The van der Waals surface area contributed by atoms with Gasteiger partial charge in [0.05, 0.1) is 15.6 Å². The molecule has 2 aromatic rings. The molecule has 1 atom stereocenters. The monoisotopic (exact) mass is 414 g/mol. The third-order valence-electron chi connectivity index (χ3n) is 4.60. The lowest BCUT2D eigenvalue weighted by Crippen LogP contribution is -2.31. The molecular weight excluding hydrogens is 398 g/mol. The van der Waals surface area contributed by atoms with Crippen LogP contribution in [-0.4, -0.2) is 25.5 Å². The maximum atomic E-state index is 13.6. The highest BCUT2D eigenvalue weighted by atomic mass is 35.5. The van der Waals surface area contributed by atoms with Crippen LogP contribution < -0.4 is 10.2 Å². The normalized spacial score (nSPS) is 16.8. The molecule has 0 saturated carbocycles. The number of aryl methyl sites for hydroxylation is 1. The van der Waals surface area contributed by atoms with Crippen molar-refractivity contribution in [1.82, 2.24) is 5.32 Å². The van der Waals surface area contributed by atoms with Gasteiger partial charge in [-0.3, -0.25) is 4.79 Å². The highest BCUT2D eigenvalue weighted by Gasteiger charge is 2.25. The summed E-state index contributed by atoms with van der Waals surface area (Å²) in [6.45, 7) is 4.27. The van der Waals surface area contributed by atoms with Gasteiger partial charge < -0.3 is 10.2 Å². The lowest BCUT2D eigenvalue weighted by Gasteiger charge is -2.21. The number of carbonyl (C=O) groups excluding carboxylic acids is 1. The summed E-state index contributed by atoms with van der Waals surface area (Å²) in [6.07, 6.45) is 0.953. The molecule has 3 rings (SSSR count). The summed E-state index contributed by atoms with van der Waals surface area (Å²) in [4.78, 5) is 14.6. The Morgan fingerprint density at radius 1 is 1.23 bits per heavy atom. The summed E-state index contributed by atoms with van der Waals surface area (Å²) in [6, 6.07) is 8.16. The number of nitrogens with one attached hydrogen (secondary N) is 1. The topological polar surface area (TPSA) is 32.3 Å². The van der Waals surface area contributed by atoms with Crippen molar-refractivity contribution in [3.05, 3.63) is 62.3 Å². The Labute approximate surface area is 167 Å². The summed E-state index contributed by atoms with van der Waals surface area (Å²) in [5.74, 6) is -0.763. The number of hydrogen-bond acceptors (Lipinski definition) is 2. The van der Waals surface area contributed by atoms with Crippen LogP contribution in [0.1, 0.15) is 22.3 Å². The Morgan fingerprint density at radius 3 is 2.77 bits per heavy atom. The van der Waals surface area contributed by atoms with Crippen LogP contribution in [0.4, 0.5) is 10.1 Å². The van der Waals surface area contributed by atoms with Crippen molar-refractivity contribution in [2.45, 2.75) is 13.3 Å². The first kappa shape index (κ1) is 19.3. The summed E-state index contributed by atoms with van der Waals surface area (Å²) in [5.41, 5.74) is 2.38. The Balaban J connectivity index is 1.60. The van der Waals surface area contributed by atoms with Gasteiger partial charge >= 0.3 is 0 Å². The SMILES string of the molecule is Cc1ccc(Cl)cc1N1CCC(CNC(=O)c2cc(F)c(Cl)cc2Cl)C1. The van der Waals surface area contributed by atoms with Crippen molar-refractivity contribution in [1.29, 1.82) is 0 Å². The van der Waals surface area contributed by atoms with Crippen molar-refractivity contribution in [2.75, 3.05) is 24.5 Å². The lowest BCUT2D eigenvalue weighted by atomic mass is 10.1. The van der Waals surface area contributed by atoms with Gasteiger partial charge in [0.15, 0.2) is 0 Å². The molecule has 0 aliphatic carbocycles. The zero-order chi connectivity index (χ0) is 18.8. The first-order chi connectivity index (χ1) is 12.3. The number of anilines is 1. The quantitative estimate of drug-likeness (QED) is 0.683. The molecule has 0 aromatic heterocycles. The van der Waals surface area contributed by atoms with E-state index in [2.05, 4.69) is 17.1 Å². The second kappa shape index (κ2) is 8.03. The molecule has 1 heterocycles. The predicted octanol–water partition coefficient (Wildman–Crippen LogP) is 5.35. The van der Waals surface area contributed by atoms with Crippen molar-refractivity contribution < 1.29 is 9.18 Å². The van der Waals surface area contributed by atoms with E-state index in [-0.39, 0.29) is 15.6 Å². The molecule has 1 saturated heterocycles. The molecule has 0 spiro atoms.